The molecular formula is C13H11F3N2O4S. The lowest BCUT2D eigenvalue weighted by Gasteiger charge is -2.21. The molecule has 6 nitrogen and oxygen atoms in total. The van der Waals surface area contributed by atoms with Crippen molar-refractivity contribution in [1.82, 2.24) is 9.61 Å². The van der Waals surface area contributed by atoms with E-state index in [0.29, 0.717) is 11.1 Å². The highest BCUT2D eigenvalue weighted by Gasteiger charge is 2.49. The van der Waals surface area contributed by atoms with E-state index in [1.807, 2.05) is 0 Å². The quantitative estimate of drug-likeness (QED) is 0.630. The zero-order valence-electron chi connectivity index (χ0n) is 11.5. The van der Waals surface area contributed by atoms with Gasteiger partial charge in [-0.2, -0.15) is 26.7 Å². The van der Waals surface area contributed by atoms with E-state index in [4.69, 9.17) is 4.74 Å². The molecule has 0 aliphatic carbocycles. The van der Waals surface area contributed by atoms with Crippen LogP contribution in [0.5, 0.6) is 0 Å². The minimum Gasteiger partial charge on any atom is -0.381 e. The predicted molar refractivity (Wildman–Crippen MR) is 72.6 cm³/mol. The van der Waals surface area contributed by atoms with Gasteiger partial charge in [-0.3, -0.25) is 0 Å². The van der Waals surface area contributed by atoms with Crippen molar-refractivity contribution in [3.63, 3.8) is 0 Å². The molecule has 0 amide bonds. The first-order chi connectivity index (χ1) is 10.8. The number of halogens is 3. The number of nitrogens with zero attached hydrogens (tertiary/aromatic N) is 2. The molecule has 0 spiro atoms. The largest absolute Gasteiger partial charge is 0.534 e. The van der Waals surface area contributed by atoms with Crippen molar-refractivity contribution in [2.75, 3.05) is 6.61 Å². The molecule has 3 heterocycles. The molecule has 2 aromatic heterocycles. The van der Waals surface area contributed by atoms with Gasteiger partial charge in [0.2, 0.25) is 0 Å². The Kier molecular flexibility index (Phi) is 3.80. The summed E-state index contributed by atoms with van der Waals surface area (Å²) in [6, 6.07) is 5.31. The molecule has 124 valence electrons. The molecule has 0 aromatic carbocycles. The van der Waals surface area contributed by atoms with Gasteiger partial charge >= 0.3 is 15.6 Å². The number of aromatic nitrogens is 2. The third-order valence-corrected chi connectivity index (χ3v) is 4.25. The second-order valence-corrected chi connectivity index (χ2v) is 6.33. The standard InChI is InChI=1S/C13H11F3N2O4S/c14-13(15,16)23(19,20)22-9-4-6-21-12(7-9)10-8-17-18-5-2-1-3-11(10)18/h1-3,5,7-8,12H,4,6H2. The van der Waals surface area contributed by atoms with Gasteiger partial charge in [0, 0.05) is 18.2 Å². The predicted octanol–water partition coefficient (Wildman–Crippen LogP) is 2.55. The average Bonchev–Trinajstić information content (AvgIpc) is 2.90. The van der Waals surface area contributed by atoms with E-state index in [1.54, 1.807) is 28.9 Å². The van der Waals surface area contributed by atoms with Crippen molar-refractivity contribution < 1.29 is 30.5 Å². The summed E-state index contributed by atoms with van der Waals surface area (Å²) in [6.45, 7) is 0.0358. The zero-order chi connectivity index (χ0) is 16.7. The molecule has 23 heavy (non-hydrogen) atoms. The minimum absolute atomic E-state index is 0.0358. The van der Waals surface area contributed by atoms with Gasteiger partial charge in [-0.25, -0.2) is 4.52 Å². The summed E-state index contributed by atoms with van der Waals surface area (Å²) in [6.07, 6.45) is 3.64. The molecule has 3 rings (SSSR count). The maximum absolute atomic E-state index is 12.4. The zero-order valence-corrected chi connectivity index (χ0v) is 12.3. The SMILES string of the molecule is O=S(=O)(OC1=CC(c2cnn3ccccc23)OCC1)C(F)(F)F. The van der Waals surface area contributed by atoms with Crippen molar-refractivity contribution in [3.05, 3.63) is 48.0 Å². The summed E-state index contributed by atoms with van der Waals surface area (Å²) in [5, 5.41) is 4.10. The van der Waals surface area contributed by atoms with Crippen LogP contribution < -0.4 is 0 Å². The van der Waals surface area contributed by atoms with Crippen molar-refractivity contribution in [3.8, 4) is 0 Å². The van der Waals surface area contributed by atoms with Gasteiger partial charge in [0.1, 0.15) is 11.9 Å². The van der Waals surface area contributed by atoms with E-state index in [0.717, 1.165) is 0 Å². The summed E-state index contributed by atoms with van der Waals surface area (Å²) in [5.41, 5.74) is -4.16. The Bertz CT molecular complexity index is 857. The monoisotopic (exact) mass is 348 g/mol. The summed E-state index contributed by atoms with van der Waals surface area (Å²) in [4.78, 5) is 0. The summed E-state index contributed by atoms with van der Waals surface area (Å²) >= 11 is 0. The van der Waals surface area contributed by atoms with Gasteiger partial charge in [0.15, 0.2) is 0 Å². The maximum atomic E-state index is 12.4. The van der Waals surface area contributed by atoms with Gasteiger partial charge in [0.25, 0.3) is 0 Å². The Morgan fingerprint density at radius 3 is 2.87 bits per heavy atom. The van der Waals surface area contributed by atoms with E-state index in [-0.39, 0.29) is 18.8 Å². The van der Waals surface area contributed by atoms with Crippen LogP contribution >= 0.6 is 0 Å². The number of ether oxygens (including phenoxy) is 1. The highest BCUT2D eigenvalue weighted by Crippen LogP contribution is 2.33. The Morgan fingerprint density at radius 2 is 2.13 bits per heavy atom. The normalized spacial score (nSPS) is 19.6. The molecular weight excluding hydrogens is 337 g/mol. The fourth-order valence-corrected chi connectivity index (χ4v) is 2.71. The molecule has 0 bridgehead atoms. The van der Waals surface area contributed by atoms with Crippen molar-refractivity contribution in [1.29, 1.82) is 0 Å². The smallest absolute Gasteiger partial charge is 0.381 e. The maximum Gasteiger partial charge on any atom is 0.534 e. The number of hydrogen-bond acceptors (Lipinski definition) is 5. The second-order valence-electron chi connectivity index (χ2n) is 4.79. The Labute approximate surface area is 129 Å². The number of fused-ring (bicyclic) bond motifs is 1. The van der Waals surface area contributed by atoms with E-state index >= 15 is 0 Å². The van der Waals surface area contributed by atoms with Crippen LogP contribution in [-0.4, -0.2) is 30.1 Å². The lowest BCUT2D eigenvalue weighted by Crippen LogP contribution is -2.26. The first-order valence-electron chi connectivity index (χ1n) is 6.53. The molecule has 1 atom stereocenters. The van der Waals surface area contributed by atoms with Crippen LogP contribution in [0.15, 0.2) is 42.4 Å². The molecule has 2 aromatic rings. The van der Waals surface area contributed by atoms with Crippen LogP contribution in [0, 0.1) is 0 Å². The van der Waals surface area contributed by atoms with Crippen LogP contribution in [0.25, 0.3) is 5.52 Å². The van der Waals surface area contributed by atoms with Gasteiger partial charge in [-0.1, -0.05) is 6.07 Å². The minimum atomic E-state index is -5.68. The number of rotatable bonds is 3. The fourth-order valence-electron chi connectivity index (χ4n) is 2.20. The molecule has 0 saturated carbocycles. The lowest BCUT2D eigenvalue weighted by atomic mass is 10.1. The van der Waals surface area contributed by atoms with Gasteiger partial charge in [-0.15, -0.1) is 0 Å². The molecule has 1 aliphatic heterocycles. The van der Waals surface area contributed by atoms with Crippen molar-refractivity contribution in [2.24, 2.45) is 0 Å². The third-order valence-electron chi connectivity index (χ3n) is 3.25. The van der Waals surface area contributed by atoms with E-state index in [2.05, 4.69) is 9.28 Å². The average molecular weight is 348 g/mol. The van der Waals surface area contributed by atoms with E-state index < -0.39 is 21.7 Å². The van der Waals surface area contributed by atoms with Crippen LogP contribution in [0.1, 0.15) is 18.1 Å². The van der Waals surface area contributed by atoms with E-state index in [1.165, 1.54) is 12.3 Å². The molecule has 0 radical (unpaired) electrons. The Hall–Kier alpha value is -2.07. The van der Waals surface area contributed by atoms with Crippen molar-refractivity contribution >= 4 is 15.6 Å². The van der Waals surface area contributed by atoms with Crippen molar-refractivity contribution in [2.45, 2.75) is 18.0 Å². The summed E-state index contributed by atoms with van der Waals surface area (Å²) in [5.74, 6) is -0.297. The number of alkyl halides is 3. The topological polar surface area (TPSA) is 69.9 Å². The first-order valence-corrected chi connectivity index (χ1v) is 7.94. The van der Waals surface area contributed by atoms with E-state index in [9.17, 15) is 21.6 Å². The number of pyridine rings is 1. The van der Waals surface area contributed by atoms with Gasteiger partial charge < -0.3 is 8.92 Å². The van der Waals surface area contributed by atoms with Gasteiger partial charge in [-0.05, 0) is 18.2 Å². The lowest BCUT2D eigenvalue weighted by molar-refractivity contribution is -0.0530. The fraction of sp³-hybridized carbons (Fsp3) is 0.308. The van der Waals surface area contributed by atoms with Crippen LogP contribution in [0.4, 0.5) is 13.2 Å². The van der Waals surface area contributed by atoms with Gasteiger partial charge in [0.05, 0.1) is 18.3 Å². The second kappa shape index (κ2) is 5.53. The Balaban J connectivity index is 1.91. The molecule has 0 N–H and O–H groups in total. The van der Waals surface area contributed by atoms with Crippen LogP contribution in [0.2, 0.25) is 0 Å². The molecule has 1 aliphatic rings. The van der Waals surface area contributed by atoms with Crippen LogP contribution in [0.3, 0.4) is 0 Å². The molecule has 10 heteroatoms. The number of hydrogen-bond donors (Lipinski definition) is 0. The highest BCUT2D eigenvalue weighted by molar-refractivity contribution is 7.87. The highest BCUT2D eigenvalue weighted by atomic mass is 32.2. The third kappa shape index (κ3) is 3.04. The Morgan fingerprint density at radius 1 is 1.35 bits per heavy atom. The summed E-state index contributed by atoms with van der Waals surface area (Å²) < 4.78 is 70.5. The van der Waals surface area contributed by atoms with Crippen LogP contribution in [-0.2, 0) is 19.0 Å². The summed E-state index contributed by atoms with van der Waals surface area (Å²) in [7, 11) is -5.68. The molecule has 1 unspecified atom stereocenters. The first kappa shape index (κ1) is 15.8. The molecule has 0 fully saturated rings. The molecule has 0 saturated heterocycles.